The number of benzene rings is 1. The van der Waals surface area contributed by atoms with Crippen LogP contribution in [0, 0.1) is 0 Å². The number of likely N-dealkylation sites (tertiary alicyclic amines) is 1. The van der Waals surface area contributed by atoms with Gasteiger partial charge in [-0.1, -0.05) is 30.3 Å². The molecular weight excluding hydrogens is 240 g/mol. The van der Waals surface area contributed by atoms with Crippen LogP contribution in [-0.4, -0.2) is 29.2 Å². The SMILES string of the molecule is CC(C)(C)OC(=O)N1CCC(N)C1c1ccccc1. The van der Waals surface area contributed by atoms with Crippen molar-refractivity contribution in [3.63, 3.8) is 0 Å². The first-order valence-corrected chi connectivity index (χ1v) is 6.68. The van der Waals surface area contributed by atoms with Crippen LogP contribution in [0.15, 0.2) is 30.3 Å². The zero-order valence-electron chi connectivity index (χ0n) is 11.8. The monoisotopic (exact) mass is 262 g/mol. The predicted molar refractivity (Wildman–Crippen MR) is 74.7 cm³/mol. The van der Waals surface area contributed by atoms with Gasteiger partial charge >= 0.3 is 6.09 Å². The molecule has 1 fully saturated rings. The average Bonchev–Trinajstić information content (AvgIpc) is 2.70. The third-order valence-corrected chi connectivity index (χ3v) is 3.21. The van der Waals surface area contributed by atoms with Gasteiger partial charge in [0.2, 0.25) is 0 Å². The van der Waals surface area contributed by atoms with Gasteiger partial charge in [-0.3, -0.25) is 4.90 Å². The summed E-state index contributed by atoms with van der Waals surface area (Å²) in [5.41, 5.74) is 6.74. The van der Waals surface area contributed by atoms with E-state index in [1.165, 1.54) is 0 Å². The Kier molecular flexibility index (Phi) is 3.80. The van der Waals surface area contributed by atoms with E-state index >= 15 is 0 Å². The fourth-order valence-corrected chi connectivity index (χ4v) is 2.42. The van der Waals surface area contributed by atoms with E-state index in [2.05, 4.69) is 0 Å². The van der Waals surface area contributed by atoms with Gasteiger partial charge in [0, 0.05) is 12.6 Å². The number of ether oxygens (including phenoxy) is 1. The number of nitrogens with zero attached hydrogens (tertiary/aromatic N) is 1. The molecule has 2 N–H and O–H groups in total. The molecule has 0 saturated carbocycles. The first-order chi connectivity index (χ1) is 8.88. The Hall–Kier alpha value is -1.55. The summed E-state index contributed by atoms with van der Waals surface area (Å²) in [6.45, 7) is 6.27. The summed E-state index contributed by atoms with van der Waals surface area (Å²) in [4.78, 5) is 14.0. The molecule has 1 amide bonds. The Bertz CT molecular complexity index is 439. The Morgan fingerprint density at radius 2 is 1.95 bits per heavy atom. The van der Waals surface area contributed by atoms with Gasteiger partial charge in [-0.05, 0) is 32.8 Å². The molecule has 0 aromatic heterocycles. The van der Waals surface area contributed by atoms with Crippen molar-refractivity contribution >= 4 is 6.09 Å². The molecule has 0 radical (unpaired) electrons. The maximum absolute atomic E-state index is 12.2. The number of nitrogens with two attached hydrogens (primary N) is 1. The molecule has 1 aliphatic rings. The Balaban J connectivity index is 2.18. The van der Waals surface area contributed by atoms with Crippen molar-refractivity contribution in [3.05, 3.63) is 35.9 Å². The van der Waals surface area contributed by atoms with Crippen LogP contribution >= 0.6 is 0 Å². The molecule has 0 aliphatic carbocycles. The van der Waals surface area contributed by atoms with Crippen LogP contribution in [0.25, 0.3) is 0 Å². The molecule has 4 heteroatoms. The Morgan fingerprint density at radius 1 is 1.32 bits per heavy atom. The summed E-state index contributed by atoms with van der Waals surface area (Å²) in [7, 11) is 0. The second-order valence-electron chi connectivity index (χ2n) is 5.98. The number of amides is 1. The molecule has 0 bridgehead atoms. The summed E-state index contributed by atoms with van der Waals surface area (Å²) in [5, 5.41) is 0. The summed E-state index contributed by atoms with van der Waals surface area (Å²) in [5.74, 6) is 0. The Labute approximate surface area is 114 Å². The largest absolute Gasteiger partial charge is 0.444 e. The molecular formula is C15H22N2O2. The number of carbonyl (C=O) groups excluding carboxylic acids is 1. The minimum absolute atomic E-state index is 0.0325. The lowest BCUT2D eigenvalue weighted by Gasteiger charge is -2.30. The number of hydrogen-bond donors (Lipinski definition) is 1. The molecule has 0 spiro atoms. The van der Waals surface area contributed by atoms with Gasteiger partial charge in [0.1, 0.15) is 5.60 Å². The van der Waals surface area contributed by atoms with Crippen molar-refractivity contribution in [2.45, 2.75) is 44.9 Å². The van der Waals surface area contributed by atoms with Crippen LogP contribution in [0.3, 0.4) is 0 Å². The molecule has 1 saturated heterocycles. The van der Waals surface area contributed by atoms with Gasteiger partial charge in [0.05, 0.1) is 6.04 Å². The van der Waals surface area contributed by atoms with Crippen molar-refractivity contribution in [1.29, 1.82) is 0 Å². The quantitative estimate of drug-likeness (QED) is 0.846. The van der Waals surface area contributed by atoms with Crippen LogP contribution in [0.4, 0.5) is 4.79 Å². The average molecular weight is 262 g/mol. The molecule has 2 rings (SSSR count). The van der Waals surface area contributed by atoms with E-state index in [1.54, 1.807) is 4.90 Å². The minimum atomic E-state index is -0.481. The van der Waals surface area contributed by atoms with E-state index in [0.29, 0.717) is 6.54 Å². The van der Waals surface area contributed by atoms with E-state index in [0.717, 1.165) is 12.0 Å². The second-order valence-corrected chi connectivity index (χ2v) is 5.98. The van der Waals surface area contributed by atoms with Crippen molar-refractivity contribution in [2.75, 3.05) is 6.54 Å². The molecule has 4 nitrogen and oxygen atoms in total. The summed E-state index contributed by atoms with van der Waals surface area (Å²) < 4.78 is 5.45. The van der Waals surface area contributed by atoms with Gasteiger partial charge in [-0.15, -0.1) is 0 Å². The third-order valence-electron chi connectivity index (χ3n) is 3.21. The fraction of sp³-hybridized carbons (Fsp3) is 0.533. The van der Waals surface area contributed by atoms with Crippen molar-refractivity contribution in [3.8, 4) is 0 Å². The maximum atomic E-state index is 12.2. The van der Waals surface area contributed by atoms with E-state index in [-0.39, 0.29) is 18.2 Å². The number of hydrogen-bond acceptors (Lipinski definition) is 3. The van der Waals surface area contributed by atoms with Crippen LogP contribution in [0.1, 0.15) is 38.8 Å². The highest BCUT2D eigenvalue weighted by atomic mass is 16.6. The van der Waals surface area contributed by atoms with Crippen LogP contribution < -0.4 is 5.73 Å². The molecule has 2 unspecified atom stereocenters. The predicted octanol–water partition coefficient (Wildman–Crippen LogP) is 2.70. The van der Waals surface area contributed by atoms with Gasteiger partial charge in [0.15, 0.2) is 0 Å². The second kappa shape index (κ2) is 5.21. The van der Waals surface area contributed by atoms with Gasteiger partial charge in [0.25, 0.3) is 0 Å². The summed E-state index contributed by atoms with van der Waals surface area (Å²) in [6, 6.07) is 9.79. The Morgan fingerprint density at radius 3 is 2.53 bits per heavy atom. The molecule has 104 valence electrons. The van der Waals surface area contributed by atoms with Gasteiger partial charge in [-0.2, -0.15) is 0 Å². The minimum Gasteiger partial charge on any atom is -0.444 e. The zero-order valence-corrected chi connectivity index (χ0v) is 11.8. The van der Waals surface area contributed by atoms with Crippen LogP contribution in [0.5, 0.6) is 0 Å². The lowest BCUT2D eigenvalue weighted by atomic mass is 10.0. The van der Waals surface area contributed by atoms with E-state index in [4.69, 9.17) is 10.5 Å². The van der Waals surface area contributed by atoms with E-state index in [9.17, 15) is 4.79 Å². The highest BCUT2D eigenvalue weighted by molar-refractivity contribution is 5.69. The van der Waals surface area contributed by atoms with Gasteiger partial charge in [-0.25, -0.2) is 4.79 Å². The maximum Gasteiger partial charge on any atom is 0.410 e. The van der Waals surface area contributed by atoms with Crippen molar-refractivity contribution in [1.82, 2.24) is 4.90 Å². The number of rotatable bonds is 1. The number of carbonyl (C=O) groups is 1. The van der Waals surface area contributed by atoms with E-state index < -0.39 is 5.60 Å². The van der Waals surface area contributed by atoms with Crippen molar-refractivity contribution in [2.24, 2.45) is 5.73 Å². The normalized spacial score (nSPS) is 23.5. The summed E-state index contributed by atoms with van der Waals surface area (Å²) >= 11 is 0. The van der Waals surface area contributed by atoms with Gasteiger partial charge < -0.3 is 10.5 Å². The standard InChI is InChI=1S/C15H22N2O2/c1-15(2,3)19-14(18)17-10-9-12(16)13(17)11-7-5-4-6-8-11/h4-8,12-13H,9-10,16H2,1-3H3. The smallest absolute Gasteiger partial charge is 0.410 e. The molecule has 2 atom stereocenters. The van der Waals surface area contributed by atoms with Crippen LogP contribution in [0.2, 0.25) is 0 Å². The topological polar surface area (TPSA) is 55.6 Å². The van der Waals surface area contributed by atoms with E-state index in [1.807, 2.05) is 51.1 Å². The molecule has 1 aliphatic heterocycles. The zero-order chi connectivity index (χ0) is 14.0. The lowest BCUT2D eigenvalue weighted by molar-refractivity contribution is 0.0218. The molecule has 1 aromatic rings. The first-order valence-electron chi connectivity index (χ1n) is 6.68. The summed E-state index contributed by atoms with van der Waals surface area (Å²) in [6.07, 6.45) is 0.521. The molecule has 19 heavy (non-hydrogen) atoms. The highest BCUT2D eigenvalue weighted by Gasteiger charge is 2.38. The third kappa shape index (κ3) is 3.26. The van der Waals surface area contributed by atoms with Crippen LogP contribution in [-0.2, 0) is 4.74 Å². The molecule has 1 heterocycles. The highest BCUT2D eigenvalue weighted by Crippen LogP contribution is 2.32. The first kappa shape index (κ1) is 13.9. The lowest BCUT2D eigenvalue weighted by Crippen LogP contribution is -2.39. The fourth-order valence-electron chi connectivity index (χ4n) is 2.42. The molecule has 1 aromatic carbocycles. The van der Waals surface area contributed by atoms with Crippen molar-refractivity contribution < 1.29 is 9.53 Å².